The van der Waals surface area contributed by atoms with Crippen LogP contribution in [-0.2, 0) is 17.8 Å². The van der Waals surface area contributed by atoms with Gasteiger partial charge in [0, 0.05) is 43.0 Å². The van der Waals surface area contributed by atoms with Crippen molar-refractivity contribution in [2.75, 3.05) is 19.6 Å². The Morgan fingerprint density at radius 1 is 1.36 bits per heavy atom. The number of piperidine rings is 1. The van der Waals surface area contributed by atoms with Crippen molar-refractivity contribution in [1.29, 1.82) is 0 Å². The fourth-order valence-electron chi connectivity index (χ4n) is 3.22. The smallest absolute Gasteiger partial charge is 0.241 e. The average molecular weight is 342 g/mol. The Labute approximate surface area is 148 Å². The molecule has 2 aromatic rings. The maximum Gasteiger partial charge on any atom is 0.241 e. The lowest BCUT2D eigenvalue weighted by Gasteiger charge is -2.20. The Hall–Kier alpha value is -2.28. The van der Waals surface area contributed by atoms with Crippen molar-refractivity contribution in [2.24, 2.45) is 0 Å². The summed E-state index contributed by atoms with van der Waals surface area (Å²) in [5.74, 6) is 1.18. The Morgan fingerprint density at radius 2 is 2.16 bits per heavy atom. The molecule has 2 aromatic heterocycles. The number of aromatic nitrogens is 4. The molecule has 2 N–H and O–H groups in total. The predicted octanol–water partition coefficient (Wildman–Crippen LogP) is 1.12. The minimum absolute atomic E-state index is 0.0409. The molecule has 0 saturated carbocycles. The molecule has 1 aliphatic rings. The Kier molecular flexibility index (Phi) is 5.75. The van der Waals surface area contributed by atoms with Gasteiger partial charge in [0.25, 0.3) is 0 Å². The van der Waals surface area contributed by atoms with Crippen LogP contribution in [0.3, 0.4) is 0 Å². The summed E-state index contributed by atoms with van der Waals surface area (Å²) >= 11 is 0. The van der Waals surface area contributed by atoms with Crippen LogP contribution in [0.1, 0.15) is 41.7 Å². The largest absolute Gasteiger partial charge is 0.354 e. The lowest BCUT2D eigenvalue weighted by Crippen LogP contribution is -2.30. The summed E-state index contributed by atoms with van der Waals surface area (Å²) in [6.07, 6.45) is 4.85. The molecule has 134 valence electrons. The summed E-state index contributed by atoms with van der Waals surface area (Å²) in [5, 5.41) is 10.9. The van der Waals surface area contributed by atoms with Crippen LogP contribution in [0.2, 0.25) is 0 Å². The van der Waals surface area contributed by atoms with Gasteiger partial charge in [-0.2, -0.15) is 5.10 Å². The number of carbonyl (C=O) groups excluding carboxylic acids is 1. The van der Waals surface area contributed by atoms with Crippen molar-refractivity contribution in [3.63, 3.8) is 0 Å². The third-order valence-corrected chi connectivity index (χ3v) is 4.38. The molecule has 7 heteroatoms. The fraction of sp³-hybridized carbons (Fsp3) is 0.556. The molecule has 1 fully saturated rings. The van der Waals surface area contributed by atoms with Gasteiger partial charge in [0.15, 0.2) is 0 Å². The predicted molar refractivity (Wildman–Crippen MR) is 95.3 cm³/mol. The summed E-state index contributed by atoms with van der Waals surface area (Å²) in [5.41, 5.74) is 2.98. The van der Waals surface area contributed by atoms with Crippen molar-refractivity contribution in [2.45, 2.75) is 45.6 Å². The molecule has 1 aliphatic heterocycles. The Balaban J connectivity index is 1.45. The van der Waals surface area contributed by atoms with Gasteiger partial charge < -0.3 is 10.6 Å². The monoisotopic (exact) mass is 342 g/mol. The third kappa shape index (κ3) is 5.09. The van der Waals surface area contributed by atoms with Gasteiger partial charge in [0.2, 0.25) is 5.91 Å². The molecule has 3 rings (SSSR count). The zero-order valence-electron chi connectivity index (χ0n) is 15.0. The lowest BCUT2D eigenvalue weighted by molar-refractivity contribution is -0.121. The fourth-order valence-corrected chi connectivity index (χ4v) is 3.22. The minimum atomic E-state index is -0.0409. The van der Waals surface area contributed by atoms with Crippen molar-refractivity contribution in [3.05, 3.63) is 41.2 Å². The normalized spacial score (nSPS) is 17.4. The van der Waals surface area contributed by atoms with Gasteiger partial charge in [0.1, 0.15) is 12.4 Å². The van der Waals surface area contributed by atoms with E-state index in [0.717, 1.165) is 42.4 Å². The number of amides is 1. The topological polar surface area (TPSA) is 84.7 Å². The van der Waals surface area contributed by atoms with E-state index in [2.05, 4.69) is 25.7 Å². The first-order valence-electron chi connectivity index (χ1n) is 8.92. The maximum absolute atomic E-state index is 12.1. The molecule has 0 aliphatic carbocycles. The molecule has 0 aromatic carbocycles. The van der Waals surface area contributed by atoms with E-state index in [0.29, 0.717) is 18.9 Å². The number of carbonyl (C=O) groups is 1. The second-order valence-corrected chi connectivity index (χ2v) is 6.65. The second kappa shape index (κ2) is 8.20. The molecule has 0 spiro atoms. The van der Waals surface area contributed by atoms with Gasteiger partial charge in [0.05, 0.1) is 5.69 Å². The molecular formula is C18H26N6O. The van der Waals surface area contributed by atoms with E-state index in [-0.39, 0.29) is 12.5 Å². The molecule has 0 bridgehead atoms. The number of nitrogens with zero attached hydrogens (tertiary/aromatic N) is 4. The van der Waals surface area contributed by atoms with Crippen LogP contribution in [0.25, 0.3) is 0 Å². The SMILES string of the molecule is Cc1cc(C)nc(CCNC(=O)Cn2ccc([C@H]3CCCNC3)n2)n1. The van der Waals surface area contributed by atoms with Crippen molar-refractivity contribution >= 4 is 5.91 Å². The standard InChI is InChI=1S/C18H26N6O/c1-13-10-14(2)22-17(21-13)5-8-20-18(25)12-24-9-6-16(23-24)15-4-3-7-19-11-15/h6,9-10,15,19H,3-5,7-8,11-12H2,1-2H3,(H,20,25)/t15-/m0/s1. The number of nitrogens with one attached hydrogen (secondary N) is 2. The molecule has 7 nitrogen and oxygen atoms in total. The van der Waals surface area contributed by atoms with Crippen molar-refractivity contribution in [1.82, 2.24) is 30.4 Å². The van der Waals surface area contributed by atoms with E-state index >= 15 is 0 Å². The second-order valence-electron chi connectivity index (χ2n) is 6.65. The quantitative estimate of drug-likeness (QED) is 0.822. The van der Waals surface area contributed by atoms with Crippen molar-refractivity contribution in [3.8, 4) is 0 Å². The average Bonchev–Trinajstić information content (AvgIpc) is 3.03. The van der Waals surface area contributed by atoms with E-state index in [1.807, 2.05) is 32.2 Å². The summed E-state index contributed by atoms with van der Waals surface area (Å²) in [4.78, 5) is 20.9. The molecule has 0 unspecified atom stereocenters. The first-order valence-corrected chi connectivity index (χ1v) is 8.92. The summed E-state index contributed by atoms with van der Waals surface area (Å²) in [7, 11) is 0. The molecule has 0 radical (unpaired) electrons. The highest BCUT2D eigenvalue weighted by Crippen LogP contribution is 2.21. The number of hydrogen-bond acceptors (Lipinski definition) is 5. The Bertz CT molecular complexity index is 700. The molecule has 25 heavy (non-hydrogen) atoms. The van der Waals surface area contributed by atoms with Gasteiger partial charge in [-0.15, -0.1) is 0 Å². The van der Waals surface area contributed by atoms with Crippen LogP contribution in [0.15, 0.2) is 18.3 Å². The van der Waals surface area contributed by atoms with Crippen molar-refractivity contribution < 1.29 is 4.79 Å². The van der Waals surface area contributed by atoms with Crippen LogP contribution in [-0.4, -0.2) is 45.3 Å². The molecule has 3 heterocycles. The first-order chi connectivity index (χ1) is 12.1. The van der Waals surface area contributed by atoms with Crippen LogP contribution < -0.4 is 10.6 Å². The number of rotatable bonds is 6. The van der Waals surface area contributed by atoms with E-state index in [1.54, 1.807) is 4.68 Å². The highest BCUT2D eigenvalue weighted by molar-refractivity contribution is 5.75. The van der Waals surface area contributed by atoms with Crippen LogP contribution >= 0.6 is 0 Å². The van der Waals surface area contributed by atoms with Crippen LogP contribution in [0.5, 0.6) is 0 Å². The molecule has 1 saturated heterocycles. The molecular weight excluding hydrogens is 316 g/mol. The van der Waals surface area contributed by atoms with E-state index in [4.69, 9.17) is 0 Å². The first kappa shape index (κ1) is 17.5. The van der Waals surface area contributed by atoms with Gasteiger partial charge in [-0.05, 0) is 45.4 Å². The molecule has 1 amide bonds. The Morgan fingerprint density at radius 3 is 2.88 bits per heavy atom. The summed E-state index contributed by atoms with van der Waals surface area (Å²) in [6, 6.07) is 3.97. The molecule has 1 atom stereocenters. The zero-order valence-corrected chi connectivity index (χ0v) is 15.0. The van der Waals surface area contributed by atoms with E-state index in [1.165, 1.54) is 6.42 Å². The van der Waals surface area contributed by atoms with E-state index < -0.39 is 0 Å². The van der Waals surface area contributed by atoms with Gasteiger partial charge >= 0.3 is 0 Å². The summed E-state index contributed by atoms with van der Waals surface area (Å²) in [6.45, 7) is 6.74. The highest BCUT2D eigenvalue weighted by atomic mass is 16.2. The van der Waals surface area contributed by atoms with Crippen LogP contribution in [0, 0.1) is 13.8 Å². The highest BCUT2D eigenvalue weighted by Gasteiger charge is 2.17. The number of hydrogen-bond donors (Lipinski definition) is 2. The van der Waals surface area contributed by atoms with E-state index in [9.17, 15) is 4.79 Å². The van der Waals surface area contributed by atoms with Crippen LogP contribution in [0.4, 0.5) is 0 Å². The van der Waals surface area contributed by atoms with Gasteiger partial charge in [-0.3, -0.25) is 9.48 Å². The third-order valence-electron chi connectivity index (χ3n) is 4.38. The maximum atomic E-state index is 12.1. The minimum Gasteiger partial charge on any atom is -0.354 e. The van der Waals surface area contributed by atoms with Gasteiger partial charge in [-0.1, -0.05) is 0 Å². The lowest BCUT2D eigenvalue weighted by atomic mass is 9.97. The zero-order chi connectivity index (χ0) is 17.6. The number of aryl methyl sites for hydroxylation is 2. The summed E-state index contributed by atoms with van der Waals surface area (Å²) < 4.78 is 1.71. The van der Waals surface area contributed by atoms with Gasteiger partial charge in [-0.25, -0.2) is 9.97 Å².